The molecule has 0 atom stereocenters. The SMILES string of the molecule is CCCCc1cc(C(C)(C)C)c[cH-]1.FC(F)(F)c1ccc([C](=[Zr+2])c2ccc(C(F)(F)F)cc2)cc1.[Cl-].[Cl-].[c-]1cccc2c1Cc1ccccc1-2. The number of hydrogen-bond donors (Lipinski definition) is 0. The summed E-state index contributed by atoms with van der Waals surface area (Å²) in [6.07, 6.45) is -3.93. The van der Waals surface area contributed by atoms with E-state index < -0.39 is 23.5 Å². The summed E-state index contributed by atoms with van der Waals surface area (Å²) >= 11 is 0.898. The third-order valence-electron chi connectivity index (χ3n) is 8.12. The second-order valence-electron chi connectivity index (χ2n) is 12.8. The summed E-state index contributed by atoms with van der Waals surface area (Å²) in [5.74, 6) is 0. The fourth-order valence-corrected chi connectivity index (χ4v) is 6.13. The summed E-state index contributed by atoms with van der Waals surface area (Å²) in [4.78, 5) is 0. The Morgan fingerprint density at radius 3 is 1.72 bits per heavy atom. The Bertz CT molecular complexity index is 1690. The fraction of sp³-hybridized carbons (Fsp3) is 0.268. The van der Waals surface area contributed by atoms with Gasteiger partial charge in [0.2, 0.25) is 0 Å². The molecule has 0 aromatic heterocycles. The van der Waals surface area contributed by atoms with E-state index in [4.69, 9.17) is 0 Å². The fourth-order valence-electron chi connectivity index (χ4n) is 5.31. The summed E-state index contributed by atoms with van der Waals surface area (Å²) in [5, 5.41) is 0. The average molecular weight is 807 g/mol. The first-order chi connectivity index (χ1) is 22.6. The van der Waals surface area contributed by atoms with Crippen molar-refractivity contribution in [2.75, 3.05) is 0 Å². The van der Waals surface area contributed by atoms with E-state index in [1.807, 2.05) is 6.07 Å². The van der Waals surface area contributed by atoms with Crippen molar-refractivity contribution in [2.24, 2.45) is 0 Å². The van der Waals surface area contributed by atoms with Crippen molar-refractivity contribution in [3.63, 3.8) is 0 Å². The van der Waals surface area contributed by atoms with Crippen LogP contribution in [0.3, 0.4) is 0 Å². The standard InChI is InChI=1S/C15H8F6.C13H9.C13H21.2ClH.Zr/c16-14(17,18)12-5-1-10(2-6-12)9-11-3-7-13(8-4-11)15(19,20)21;1-3-7-12-10(5-1)9-11-6-2-4-8-13(11)12;1-5-6-7-11-8-9-12(10-11)13(2,3)4;;;/h1-8H;1-5,7-8H,9H2;8-10H,5-7H2,1-4H3;2*1H;/q;2*-1;;;+2/p-2. The van der Waals surface area contributed by atoms with Gasteiger partial charge in [-0.1, -0.05) is 87.8 Å². The molecule has 0 saturated carbocycles. The Kier molecular flexibility index (Phi) is 16.1. The largest absolute Gasteiger partial charge is 1.00 e. The molecule has 0 unspecified atom stereocenters. The predicted molar refractivity (Wildman–Crippen MR) is 179 cm³/mol. The van der Waals surface area contributed by atoms with Crippen LogP contribution in [0.15, 0.2) is 109 Å². The molecule has 0 heterocycles. The van der Waals surface area contributed by atoms with Gasteiger partial charge < -0.3 is 24.8 Å². The Hall–Kier alpha value is -2.86. The van der Waals surface area contributed by atoms with Crippen LogP contribution in [0.5, 0.6) is 0 Å². The maximum Gasteiger partial charge on any atom is -0.0253 e. The molecule has 50 heavy (non-hydrogen) atoms. The van der Waals surface area contributed by atoms with Crippen molar-refractivity contribution < 1.29 is 75.4 Å². The molecule has 0 radical (unpaired) electrons. The van der Waals surface area contributed by atoms with Crippen LogP contribution in [-0.4, -0.2) is 3.21 Å². The zero-order chi connectivity index (χ0) is 35.1. The van der Waals surface area contributed by atoms with Gasteiger partial charge in [-0.2, -0.15) is 53.1 Å². The number of rotatable bonds is 5. The molecule has 6 rings (SSSR count). The summed E-state index contributed by atoms with van der Waals surface area (Å²) < 4.78 is 75.6. The maximum absolute atomic E-state index is 12.5. The van der Waals surface area contributed by atoms with Crippen molar-refractivity contribution >= 4 is 3.21 Å². The van der Waals surface area contributed by atoms with Crippen LogP contribution in [0.25, 0.3) is 11.1 Å². The first kappa shape index (κ1) is 43.3. The van der Waals surface area contributed by atoms with Crippen molar-refractivity contribution in [2.45, 2.75) is 71.1 Å². The molecule has 0 saturated heterocycles. The second-order valence-corrected chi connectivity index (χ2v) is 14.0. The normalized spacial score (nSPS) is 11.8. The number of alkyl halides is 6. The van der Waals surface area contributed by atoms with Crippen molar-refractivity contribution in [1.82, 2.24) is 0 Å². The third kappa shape index (κ3) is 11.9. The Labute approximate surface area is 318 Å². The molecule has 0 nitrogen and oxygen atoms in total. The molecule has 264 valence electrons. The Morgan fingerprint density at radius 2 is 1.24 bits per heavy atom. The van der Waals surface area contributed by atoms with Gasteiger partial charge in [0.25, 0.3) is 0 Å². The molecule has 0 fully saturated rings. The van der Waals surface area contributed by atoms with Crippen LogP contribution < -0.4 is 24.8 Å². The van der Waals surface area contributed by atoms with Gasteiger partial charge in [0.1, 0.15) is 0 Å². The van der Waals surface area contributed by atoms with Gasteiger partial charge in [0.05, 0.1) is 0 Å². The van der Waals surface area contributed by atoms with E-state index in [0.29, 0.717) is 19.7 Å². The predicted octanol–water partition coefficient (Wildman–Crippen LogP) is 5.95. The third-order valence-corrected chi connectivity index (χ3v) is 9.54. The number of benzene rings is 4. The molecular formula is C41H38Cl2F6Zr-2. The van der Waals surface area contributed by atoms with E-state index in [9.17, 15) is 26.3 Å². The number of hydrogen-bond acceptors (Lipinski definition) is 0. The van der Waals surface area contributed by atoms with Gasteiger partial charge in [-0.05, 0) is 6.42 Å². The summed E-state index contributed by atoms with van der Waals surface area (Å²) in [6, 6.07) is 34.2. The van der Waals surface area contributed by atoms with Crippen LogP contribution in [0.2, 0.25) is 0 Å². The van der Waals surface area contributed by atoms with Gasteiger partial charge in [-0.3, -0.25) is 0 Å². The quantitative estimate of drug-likeness (QED) is 0.149. The number of aryl methyl sites for hydroxylation is 1. The van der Waals surface area contributed by atoms with Crippen LogP contribution in [0.4, 0.5) is 26.3 Å². The number of unbranched alkanes of at least 4 members (excludes halogenated alkanes) is 1. The van der Waals surface area contributed by atoms with Crippen LogP contribution in [0, 0.1) is 6.07 Å². The topological polar surface area (TPSA) is 0 Å². The molecule has 9 heteroatoms. The van der Waals surface area contributed by atoms with Gasteiger partial charge in [-0.25, -0.2) is 6.07 Å². The Morgan fingerprint density at radius 1 is 0.720 bits per heavy atom. The summed E-state index contributed by atoms with van der Waals surface area (Å²) in [5.41, 5.74) is 8.41. The molecular weight excluding hydrogens is 769 g/mol. The van der Waals surface area contributed by atoms with Crippen LogP contribution in [0.1, 0.15) is 85.0 Å². The minimum absolute atomic E-state index is 0. The molecule has 0 spiro atoms. The smallest absolute Gasteiger partial charge is 0.0253 e. The van der Waals surface area contributed by atoms with E-state index in [1.165, 1.54) is 76.9 Å². The number of fused-ring (bicyclic) bond motifs is 3. The molecule has 0 bridgehead atoms. The van der Waals surface area contributed by atoms with Crippen molar-refractivity contribution in [1.29, 1.82) is 0 Å². The molecule has 5 aromatic rings. The minimum Gasteiger partial charge on any atom is -1.00 e. The molecule has 5 aromatic carbocycles. The molecule has 1 aliphatic carbocycles. The van der Waals surface area contributed by atoms with Gasteiger partial charge >= 0.3 is 137 Å². The molecule has 0 amide bonds. The first-order valence-electron chi connectivity index (χ1n) is 15.9. The molecule has 0 N–H and O–H groups in total. The zero-order valence-corrected chi connectivity index (χ0v) is 32.2. The van der Waals surface area contributed by atoms with Crippen molar-refractivity contribution in [3.8, 4) is 11.1 Å². The first-order valence-corrected chi connectivity index (χ1v) is 17.1. The second kappa shape index (κ2) is 18.6. The molecule has 1 aliphatic rings. The van der Waals surface area contributed by atoms with E-state index in [2.05, 4.69) is 88.4 Å². The van der Waals surface area contributed by atoms with E-state index in [-0.39, 0.29) is 24.8 Å². The van der Waals surface area contributed by atoms with Gasteiger partial charge in [0.15, 0.2) is 0 Å². The average Bonchev–Trinajstić information content (AvgIpc) is 3.69. The minimum atomic E-state index is -4.41. The van der Waals surface area contributed by atoms with E-state index in [0.717, 1.165) is 54.9 Å². The van der Waals surface area contributed by atoms with Gasteiger partial charge in [0, 0.05) is 0 Å². The van der Waals surface area contributed by atoms with Gasteiger partial charge in [-0.15, -0.1) is 5.56 Å². The van der Waals surface area contributed by atoms with E-state index in [1.54, 1.807) is 0 Å². The molecule has 0 aliphatic heterocycles. The van der Waals surface area contributed by atoms with Crippen molar-refractivity contribution in [3.05, 3.63) is 160 Å². The summed E-state index contributed by atoms with van der Waals surface area (Å²) in [7, 11) is 0. The van der Waals surface area contributed by atoms with Crippen LogP contribution >= 0.6 is 0 Å². The Balaban J connectivity index is 0.000000268. The van der Waals surface area contributed by atoms with Crippen LogP contribution in [-0.2, 0) is 54.8 Å². The monoisotopic (exact) mass is 804 g/mol. The maximum atomic E-state index is 12.5. The zero-order valence-electron chi connectivity index (χ0n) is 28.2. The van der Waals surface area contributed by atoms with E-state index >= 15 is 0 Å². The number of halogens is 8. The summed E-state index contributed by atoms with van der Waals surface area (Å²) in [6.45, 7) is 9.05.